The summed E-state index contributed by atoms with van der Waals surface area (Å²) >= 11 is 0. The molecule has 1 amide bonds. The highest BCUT2D eigenvalue weighted by Crippen LogP contribution is 2.20. The van der Waals surface area contributed by atoms with Crippen LogP contribution >= 0.6 is 0 Å². The van der Waals surface area contributed by atoms with Crippen molar-refractivity contribution < 1.29 is 18.3 Å². The second-order valence-electron chi connectivity index (χ2n) is 4.33. The van der Waals surface area contributed by atoms with Crippen molar-refractivity contribution in [2.45, 2.75) is 6.92 Å². The number of para-hydroxylation sites is 1. The van der Waals surface area contributed by atoms with Gasteiger partial charge in [-0.2, -0.15) is 0 Å². The molecule has 0 unspecified atom stereocenters. The van der Waals surface area contributed by atoms with E-state index in [4.69, 9.17) is 0 Å². The molecule has 0 aromatic heterocycles. The fraction of sp³-hybridized carbons (Fsp3) is 0.417. The van der Waals surface area contributed by atoms with Crippen molar-refractivity contribution in [2.24, 2.45) is 0 Å². The maximum atomic E-state index is 11.8. The molecule has 0 radical (unpaired) electrons. The number of sulfonamides is 1. The number of carbonyl (C=O) groups is 1. The first-order valence-electron chi connectivity index (χ1n) is 5.72. The van der Waals surface area contributed by atoms with Crippen molar-refractivity contribution in [3.8, 4) is 5.75 Å². The Balaban J connectivity index is 2.65. The van der Waals surface area contributed by atoms with Gasteiger partial charge in [0.2, 0.25) is 10.0 Å². The number of hydrogen-bond acceptors (Lipinski definition) is 4. The Morgan fingerprint density at radius 2 is 2.00 bits per heavy atom. The largest absolute Gasteiger partial charge is 0.507 e. The summed E-state index contributed by atoms with van der Waals surface area (Å²) in [6, 6.07) is 4.82. The average Bonchev–Trinajstić information content (AvgIpc) is 2.32. The van der Waals surface area contributed by atoms with Crippen molar-refractivity contribution in [3.05, 3.63) is 29.3 Å². The van der Waals surface area contributed by atoms with E-state index in [0.29, 0.717) is 5.56 Å². The van der Waals surface area contributed by atoms with Crippen LogP contribution in [-0.4, -0.2) is 50.1 Å². The fourth-order valence-electron chi connectivity index (χ4n) is 1.41. The zero-order valence-corrected chi connectivity index (χ0v) is 12.0. The van der Waals surface area contributed by atoms with Crippen LogP contribution in [0.5, 0.6) is 5.75 Å². The maximum absolute atomic E-state index is 11.8. The Kier molecular flexibility index (Phi) is 4.90. The summed E-state index contributed by atoms with van der Waals surface area (Å²) in [5.74, 6) is -0.760. The van der Waals surface area contributed by atoms with E-state index in [9.17, 15) is 18.3 Å². The number of aryl methyl sites for hydroxylation is 1. The van der Waals surface area contributed by atoms with Gasteiger partial charge in [-0.15, -0.1) is 0 Å². The Labute approximate surface area is 113 Å². The molecule has 1 rings (SSSR count). The molecular formula is C12H18N2O4S. The molecular weight excluding hydrogens is 268 g/mol. The molecule has 0 saturated heterocycles. The lowest BCUT2D eigenvalue weighted by Crippen LogP contribution is -2.33. The molecule has 19 heavy (non-hydrogen) atoms. The van der Waals surface area contributed by atoms with Crippen LogP contribution in [0.25, 0.3) is 0 Å². The van der Waals surface area contributed by atoms with Gasteiger partial charge in [0.1, 0.15) is 5.75 Å². The number of aromatic hydroxyl groups is 1. The summed E-state index contributed by atoms with van der Waals surface area (Å²) in [4.78, 5) is 11.8. The van der Waals surface area contributed by atoms with Crippen molar-refractivity contribution >= 4 is 15.9 Å². The van der Waals surface area contributed by atoms with Gasteiger partial charge in [0.05, 0.1) is 11.3 Å². The average molecular weight is 286 g/mol. The molecule has 0 aliphatic rings. The summed E-state index contributed by atoms with van der Waals surface area (Å²) in [6.45, 7) is 1.68. The number of phenolic OH excluding ortho intramolecular Hbond substituents is 1. The zero-order chi connectivity index (χ0) is 14.6. The number of nitrogens with one attached hydrogen (secondary N) is 1. The van der Waals surface area contributed by atoms with E-state index in [0.717, 1.165) is 4.31 Å². The molecule has 0 bridgehead atoms. The molecule has 7 heteroatoms. The molecule has 1 aromatic carbocycles. The Bertz CT molecular complexity index is 567. The topological polar surface area (TPSA) is 86.7 Å². The number of amides is 1. The molecule has 0 atom stereocenters. The first-order valence-corrected chi connectivity index (χ1v) is 7.33. The molecule has 1 aromatic rings. The summed E-state index contributed by atoms with van der Waals surface area (Å²) in [5.41, 5.74) is 0.732. The molecule has 0 spiro atoms. The monoisotopic (exact) mass is 286 g/mol. The van der Waals surface area contributed by atoms with Gasteiger partial charge in [-0.25, -0.2) is 12.7 Å². The normalized spacial score (nSPS) is 11.6. The minimum Gasteiger partial charge on any atom is -0.507 e. The van der Waals surface area contributed by atoms with E-state index in [1.165, 1.54) is 20.2 Å². The van der Waals surface area contributed by atoms with Gasteiger partial charge >= 0.3 is 0 Å². The molecule has 6 nitrogen and oxygen atoms in total. The molecule has 2 N–H and O–H groups in total. The molecule has 0 fully saturated rings. The quantitative estimate of drug-likeness (QED) is 0.816. The lowest BCUT2D eigenvalue weighted by molar-refractivity contribution is 0.0953. The van der Waals surface area contributed by atoms with Crippen LogP contribution in [-0.2, 0) is 10.0 Å². The summed E-state index contributed by atoms with van der Waals surface area (Å²) in [7, 11) is -0.470. The minimum atomic E-state index is -3.34. The molecule has 0 aliphatic carbocycles. The van der Waals surface area contributed by atoms with Crippen LogP contribution in [0.1, 0.15) is 15.9 Å². The minimum absolute atomic E-state index is 0.00721. The summed E-state index contributed by atoms with van der Waals surface area (Å²) < 4.78 is 24.1. The van der Waals surface area contributed by atoms with E-state index in [-0.39, 0.29) is 23.6 Å². The first-order chi connectivity index (χ1) is 8.75. The highest BCUT2D eigenvalue weighted by molar-refractivity contribution is 7.89. The molecule has 0 heterocycles. The lowest BCUT2D eigenvalue weighted by Gasteiger charge is -2.12. The highest BCUT2D eigenvalue weighted by Gasteiger charge is 2.16. The zero-order valence-electron chi connectivity index (χ0n) is 11.2. The molecule has 106 valence electrons. The van der Waals surface area contributed by atoms with E-state index in [2.05, 4.69) is 5.32 Å². The second kappa shape index (κ2) is 6.03. The third kappa shape index (κ3) is 3.93. The second-order valence-corrected chi connectivity index (χ2v) is 6.63. The fourth-order valence-corrected chi connectivity index (χ4v) is 2.14. The third-order valence-electron chi connectivity index (χ3n) is 2.68. The van der Waals surface area contributed by atoms with Crippen molar-refractivity contribution in [2.75, 3.05) is 26.4 Å². The first kappa shape index (κ1) is 15.5. The molecule has 0 saturated carbocycles. The number of carbonyl (C=O) groups excluding carboxylic acids is 1. The van der Waals surface area contributed by atoms with Crippen molar-refractivity contribution in [3.63, 3.8) is 0 Å². The van der Waals surface area contributed by atoms with Crippen LogP contribution in [0.3, 0.4) is 0 Å². The Hall–Kier alpha value is -1.60. The number of hydrogen-bond donors (Lipinski definition) is 2. The number of nitrogens with zero attached hydrogens (tertiary/aromatic N) is 1. The van der Waals surface area contributed by atoms with Crippen LogP contribution < -0.4 is 5.32 Å². The standard InChI is InChI=1S/C12H18N2O4S/c1-9-5-4-6-10(11(9)15)12(16)13-7-8-19(17,18)14(2)3/h4-6,15H,7-8H2,1-3H3,(H,13,16). The van der Waals surface area contributed by atoms with Gasteiger partial charge in [0.15, 0.2) is 0 Å². The van der Waals surface area contributed by atoms with E-state index in [1.807, 2.05) is 0 Å². The number of phenols is 1. The van der Waals surface area contributed by atoms with Crippen LogP contribution in [0.2, 0.25) is 0 Å². The predicted molar refractivity (Wildman–Crippen MR) is 72.7 cm³/mol. The summed E-state index contributed by atoms with van der Waals surface area (Å²) in [5, 5.41) is 12.2. The lowest BCUT2D eigenvalue weighted by atomic mass is 10.1. The Morgan fingerprint density at radius 3 is 2.58 bits per heavy atom. The van der Waals surface area contributed by atoms with Gasteiger partial charge in [-0.3, -0.25) is 4.79 Å². The molecule has 0 aliphatic heterocycles. The summed E-state index contributed by atoms with van der Waals surface area (Å²) in [6.07, 6.45) is 0. The SMILES string of the molecule is Cc1cccc(C(=O)NCCS(=O)(=O)N(C)C)c1O. The Morgan fingerprint density at radius 1 is 1.37 bits per heavy atom. The van der Waals surface area contributed by atoms with Gasteiger partial charge in [-0.05, 0) is 18.6 Å². The van der Waals surface area contributed by atoms with E-state index in [1.54, 1.807) is 19.1 Å². The van der Waals surface area contributed by atoms with Crippen LogP contribution in [0, 0.1) is 6.92 Å². The van der Waals surface area contributed by atoms with Gasteiger partial charge in [0, 0.05) is 20.6 Å². The third-order valence-corrected chi connectivity index (χ3v) is 4.52. The van der Waals surface area contributed by atoms with Gasteiger partial charge in [-0.1, -0.05) is 12.1 Å². The number of rotatable bonds is 5. The van der Waals surface area contributed by atoms with Crippen LogP contribution in [0.15, 0.2) is 18.2 Å². The van der Waals surface area contributed by atoms with Crippen LogP contribution in [0.4, 0.5) is 0 Å². The van der Waals surface area contributed by atoms with Crippen molar-refractivity contribution in [1.29, 1.82) is 0 Å². The number of benzene rings is 1. The maximum Gasteiger partial charge on any atom is 0.255 e. The predicted octanol–water partition coefficient (Wildman–Crippen LogP) is 0.322. The van der Waals surface area contributed by atoms with Crippen molar-refractivity contribution in [1.82, 2.24) is 9.62 Å². The van der Waals surface area contributed by atoms with Gasteiger partial charge < -0.3 is 10.4 Å². The van der Waals surface area contributed by atoms with E-state index >= 15 is 0 Å². The van der Waals surface area contributed by atoms with E-state index < -0.39 is 15.9 Å². The van der Waals surface area contributed by atoms with Gasteiger partial charge in [0.25, 0.3) is 5.91 Å². The smallest absolute Gasteiger partial charge is 0.255 e. The highest BCUT2D eigenvalue weighted by atomic mass is 32.2.